The number of hydrogen-bond acceptors (Lipinski definition) is 2. The maximum Gasteiger partial charge on any atom is 0.243 e. The van der Waals surface area contributed by atoms with Gasteiger partial charge in [0.1, 0.15) is 0 Å². The van der Waals surface area contributed by atoms with Gasteiger partial charge in [-0.2, -0.15) is 4.31 Å². The molecule has 128 valence electrons. The minimum absolute atomic E-state index is 0.117. The Kier molecular flexibility index (Phi) is 4.73. The Balaban J connectivity index is 2.02. The van der Waals surface area contributed by atoms with Crippen LogP contribution < -0.4 is 0 Å². The van der Waals surface area contributed by atoms with E-state index in [1.807, 2.05) is 51.1 Å². The number of aryl methyl sites for hydroxylation is 3. The second-order valence-corrected chi connectivity index (χ2v) is 8.82. The van der Waals surface area contributed by atoms with Crippen LogP contribution in [0.2, 0.25) is 5.02 Å². The summed E-state index contributed by atoms with van der Waals surface area (Å²) in [6.07, 6.45) is 1.71. The molecular weight excluding hydrogens is 342 g/mol. The van der Waals surface area contributed by atoms with Crippen molar-refractivity contribution in [2.45, 2.75) is 44.6 Å². The van der Waals surface area contributed by atoms with Crippen LogP contribution in [-0.4, -0.2) is 19.3 Å². The van der Waals surface area contributed by atoms with Gasteiger partial charge in [0.05, 0.1) is 10.9 Å². The van der Waals surface area contributed by atoms with Crippen LogP contribution >= 0.6 is 11.6 Å². The van der Waals surface area contributed by atoms with E-state index in [1.54, 1.807) is 10.4 Å². The normalized spacial score (nSPS) is 18.9. The smallest absolute Gasteiger partial charge is 0.207 e. The van der Waals surface area contributed by atoms with Crippen molar-refractivity contribution < 1.29 is 8.42 Å². The molecule has 1 aliphatic rings. The lowest BCUT2D eigenvalue weighted by Gasteiger charge is -2.25. The topological polar surface area (TPSA) is 37.4 Å². The van der Waals surface area contributed by atoms with Crippen LogP contribution in [0.25, 0.3) is 0 Å². The van der Waals surface area contributed by atoms with Gasteiger partial charge < -0.3 is 0 Å². The van der Waals surface area contributed by atoms with Crippen molar-refractivity contribution >= 4 is 21.6 Å². The zero-order chi connectivity index (χ0) is 17.5. The predicted molar refractivity (Wildman–Crippen MR) is 98.0 cm³/mol. The quantitative estimate of drug-likeness (QED) is 0.786. The van der Waals surface area contributed by atoms with Crippen molar-refractivity contribution in [2.75, 3.05) is 6.54 Å². The molecule has 0 radical (unpaired) electrons. The summed E-state index contributed by atoms with van der Waals surface area (Å²) in [6, 6.07) is 11.1. The van der Waals surface area contributed by atoms with E-state index in [9.17, 15) is 8.42 Å². The van der Waals surface area contributed by atoms with E-state index in [4.69, 9.17) is 11.6 Å². The van der Waals surface area contributed by atoms with E-state index in [0.29, 0.717) is 16.5 Å². The molecule has 0 bridgehead atoms. The van der Waals surface area contributed by atoms with Crippen molar-refractivity contribution in [3.05, 3.63) is 63.7 Å². The number of nitrogens with zero attached hydrogens (tertiary/aromatic N) is 1. The minimum Gasteiger partial charge on any atom is -0.207 e. The molecule has 1 aliphatic heterocycles. The van der Waals surface area contributed by atoms with Gasteiger partial charge in [-0.1, -0.05) is 29.8 Å². The molecule has 2 aromatic carbocycles. The number of hydrogen-bond donors (Lipinski definition) is 0. The van der Waals surface area contributed by atoms with E-state index in [2.05, 4.69) is 0 Å². The number of rotatable bonds is 3. The monoisotopic (exact) mass is 363 g/mol. The highest BCUT2D eigenvalue weighted by Gasteiger charge is 2.36. The molecule has 2 aromatic rings. The molecule has 1 heterocycles. The van der Waals surface area contributed by atoms with E-state index >= 15 is 0 Å². The summed E-state index contributed by atoms with van der Waals surface area (Å²) in [5.41, 5.74) is 3.92. The van der Waals surface area contributed by atoms with Gasteiger partial charge in [0.2, 0.25) is 10.0 Å². The third-order valence-corrected chi connectivity index (χ3v) is 7.14. The molecule has 1 saturated heterocycles. The molecule has 24 heavy (non-hydrogen) atoms. The average molecular weight is 364 g/mol. The maximum absolute atomic E-state index is 13.3. The van der Waals surface area contributed by atoms with Crippen LogP contribution in [0.1, 0.15) is 41.1 Å². The predicted octanol–water partition coefficient (Wildman–Crippen LogP) is 4.79. The fraction of sp³-hybridized carbons (Fsp3) is 0.368. The maximum atomic E-state index is 13.3. The molecule has 3 nitrogen and oxygen atoms in total. The van der Waals surface area contributed by atoms with Crippen LogP contribution in [-0.2, 0) is 10.0 Å². The second kappa shape index (κ2) is 6.51. The van der Waals surface area contributed by atoms with Gasteiger partial charge in [-0.3, -0.25) is 0 Å². The van der Waals surface area contributed by atoms with Gasteiger partial charge in [-0.05, 0) is 74.1 Å². The molecule has 3 rings (SSSR count). The van der Waals surface area contributed by atoms with Gasteiger partial charge in [-0.15, -0.1) is 0 Å². The van der Waals surface area contributed by atoms with Crippen molar-refractivity contribution in [3.8, 4) is 0 Å². The third kappa shape index (κ3) is 3.10. The van der Waals surface area contributed by atoms with Crippen molar-refractivity contribution in [2.24, 2.45) is 0 Å². The summed E-state index contributed by atoms with van der Waals surface area (Å²) in [6.45, 7) is 6.38. The fourth-order valence-electron chi connectivity index (χ4n) is 3.38. The second-order valence-electron chi connectivity index (χ2n) is 6.53. The molecular formula is C19H22ClNO2S. The van der Waals surface area contributed by atoms with Gasteiger partial charge in [0.15, 0.2) is 0 Å². The lowest BCUT2D eigenvalue weighted by Crippen LogP contribution is -2.31. The first-order valence-electron chi connectivity index (χ1n) is 8.16. The Morgan fingerprint density at radius 2 is 1.62 bits per heavy atom. The molecule has 1 fully saturated rings. The molecule has 0 N–H and O–H groups in total. The molecule has 0 amide bonds. The van der Waals surface area contributed by atoms with Gasteiger partial charge in [-0.25, -0.2) is 8.42 Å². The first kappa shape index (κ1) is 17.5. The van der Waals surface area contributed by atoms with Crippen LogP contribution in [0.4, 0.5) is 0 Å². The van der Waals surface area contributed by atoms with Crippen LogP contribution in [0.15, 0.2) is 41.3 Å². The lowest BCUT2D eigenvalue weighted by molar-refractivity contribution is 0.396. The average Bonchev–Trinajstić information content (AvgIpc) is 3.02. The number of sulfonamides is 1. The molecule has 0 aliphatic carbocycles. The highest BCUT2D eigenvalue weighted by atomic mass is 35.5. The Hall–Kier alpha value is -1.36. The summed E-state index contributed by atoms with van der Waals surface area (Å²) in [4.78, 5) is 0.423. The zero-order valence-electron chi connectivity index (χ0n) is 14.2. The standard InChI is InChI=1S/C19H22ClNO2S/c1-13-11-15(3)19(12-14(13)2)24(22,23)21-10-4-5-18(21)16-6-8-17(20)9-7-16/h6-9,11-12,18H,4-5,10H2,1-3H3. The lowest BCUT2D eigenvalue weighted by atomic mass is 10.1. The largest absolute Gasteiger partial charge is 0.243 e. The summed E-state index contributed by atoms with van der Waals surface area (Å²) in [5.74, 6) is 0. The zero-order valence-corrected chi connectivity index (χ0v) is 15.8. The van der Waals surface area contributed by atoms with Gasteiger partial charge in [0.25, 0.3) is 0 Å². The Labute approximate surface area is 149 Å². The van der Waals surface area contributed by atoms with Crippen molar-refractivity contribution in [3.63, 3.8) is 0 Å². The summed E-state index contributed by atoms with van der Waals surface area (Å²) < 4.78 is 28.2. The van der Waals surface area contributed by atoms with E-state index in [0.717, 1.165) is 35.1 Å². The summed E-state index contributed by atoms with van der Waals surface area (Å²) >= 11 is 5.96. The fourth-order valence-corrected chi connectivity index (χ4v) is 5.49. The van der Waals surface area contributed by atoms with Gasteiger partial charge in [0, 0.05) is 11.6 Å². The number of halogens is 1. The molecule has 0 aromatic heterocycles. The Bertz CT molecular complexity index is 860. The minimum atomic E-state index is -3.52. The van der Waals surface area contributed by atoms with Gasteiger partial charge >= 0.3 is 0 Å². The summed E-state index contributed by atoms with van der Waals surface area (Å²) in [5, 5.41) is 0.663. The Morgan fingerprint density at radius 1 is 1.00 bits per heavy atom. The molecule has 1 unspecified atom stereocenters. The van der Waals surface area contributed by atoms with Crippen LogP contribution in [0.5, 0.6) is 0 Å². The van der Waals surface area contributed by atoms with E-state index in [-0.39, 0.29) is 6.04 Å². The molecule has 0 spiro atoms. The van der Waals surface area contributed by atoms with Crippen molar-refractivity contribution in [1.82, 2.24) is 4.31 Å². The first-order chi connectivity index (χ1) is 11.3. The van der Waals surface area contributed by atoms with E-state index in [1.165, 1.54) is 0 Å². The molecule has 0 saturated carbocycles. The van der Waals surface area contributed by atoms with Crippen LogP contribution in [0, 0.1) is 20.8 Å². The highest BCUT2D eigenvalue weighted by molar-refractivity contribution is 7.89. The molecule has 5 heteroatoms. The SMILES string of the molecule is Cc1cc(C)c(S(=O)(=O)N2CCCC2c2ccc(Cl)cc2)cc1C. The van der Waals surface area contributed by atoms with E-state index < -0.39 is 10.0 Å². The third-order valence-electron chi connectivity index (χ3n) is 4.84. The Morgan fingerprint density at radius 3 is 2.29 bits per heavy atom. The summed E-state index contributed by atoms with van der Waals surface area (Å²) in [7, 11) is -3.52. The first-order valence-corrected chi connectivity index (χ1v) is 9.97. The van der Waals surface area contributed by atoms with Crippen LogP contribution in [0.3, 0.4) is 0 Å². The number of benzene rings is 2. The molecule has 1 atom stereocenters. The van der Waals surface area contributed by atoms with Crippen molar-refractivity contribution in [1.29, 1.82) is 0 Å². The highest BCUT2D eigenvalue weighted by Crippen LogP contribution is 2.37.